The van der Waals surface area contributed by atoms with E-state index in [-0.39, 0.29) is 35.3 Å². The third-order valence-electron chi connectivity index (χ3n) is 7.48. The van der Waals surface area contributed by atoms with E-state index in [2.05, 4.69) is 97.4 Å². The normalized spacial score (nSPS) is 29.3. The number of amides is 2. The Hall–Kier alpha value is -2.28. The summed E-state index contributed by atoms with van der Waals surface area (Å²) in [6, 6.07) is 17.6. The molecule has 2 aromatic carbocycles. The number of fused-ring (bicyclic) bond motifs is 3. The Kier molecular flexibility index (Phi) is 5.79. The summed E-state index contributed by atoms with van der Waals surface area (Å²) in [4.78, 5) is 16.7. The van der Waals surface area contributed by atoms with E-state index >= 15 is 0 Å². The van der Waals surface area contributed by atoms with Crippen molar-refractivity contribution in [3.8, 4) is 11.1 Å². The van der Waals surface area contributed by atoms with Crippen LogP contribution < -0.4 is 21.1 Å². The van der Waals surface area contributed by atoms with Gasteiger partial charge in [-0.05, 0) is 53.5 Å². The number of urea groups is 1. The van der Waals surface area contributed by atoms with Crippen LogP contribution in [0.1, 0.15) is 45.6 Å². The van der Waals surface area contributed by atoms with Crippen molar-refractivity contribution in [1.82, 2.24) is 21.1 Å². The highest BCUT2D eigenvalue weighted by atomic mass is 35.5. The van der Waals surface area contributed by atoms with Crippen LogP contribution >= 0.6 is 11.6 Å². The molecule has 7 heteroatoms. The van der Waals surface area contributed by atoms with E-state index < -0.39 is 0 Å². The molecule has 2 aromatic rings. The van der Waals surface area contributed by atoms with Crippen LogP contribution in [0.4, 0.5) is 10.5 Å². The minimum Gasteiger partial charge on any atom is -0.359 e. The number of hydrogen-bond acceptors (Lipinski definition) is 4. The van der Waals surface area contributed by atoms with Crippen molar-refractivity contribution in [2.75, 3.05) is 11.9 Å². The number of rotatable bonds is 3. The fourth-order valence-electron chi connectivity index (χ4n) is 5.57. The van der Waals surface area contributed by atoms with Crippen LogP contribution in [0.3, 0.4) is 0 Å². The lowest BCUT2D eigenvalue weighted by Crippen LogP contribution is -2.70. The van der Waals surface area contributed by atoms with E-state index in [1.54, 1.807) is 0 Å². The van der Waals surface area contributed by atoms with Gasteiger partial charge in [0.15, 0.2) is 6.29 Å². The molecule has 176 valence electrons. The molecule has 3 aliphatic rings. The van der Waals surface area contributed by atoms with Gasteiger partial charge in [-0.3, -0.25) is 15.6 Å². The lowest BCUT2D eigenvalue weighted by Gasteiger charge is -2.52. The van der Waals surface area contributed by atoms with Gasteiger partial charge in [0.1, 0.15) is 0 Å². The number of halogens is 1. The van der Waals surface area contributed by atoms with Crippen LogP contribution in [-0.4, -0.2) is 41.9 Å². The second-order valence-corrected chi connectivity index (χ2v) is 11.2. The predicted molar refractivity (Wildman–Crippen MR) is 134 cm³/mol. The molecule has 1 aliphatic carbocycles. The van der Waals surface area contributed by atoms with Crippen molar-refractivity contribution in [1.29, 1.82) is 0 Å². The quantitative estimate of drug-likeness (QED) is 0.577. The van der Waals surface area contributed by atoms with Gasteiger partial charge in [0, 0.05) is 30.1 Å². The third kappa shape index (κ3) is 4.20. The van der Waals surface area contributed by atoms with E-state index in [9.17, 15) is 4.79 Å². The Balaban J connectivity index is 1.41. The Morgan fingerprint density at radius 2 is 1.82 bits per heavy atom. The standard InChI is InChI=1S/C26H34ClN5O/c1-26(2,3)18-10-8-16(9-11-18)17-6-5-7-20(14-17)31(4)23-21-13-12-19(27)15-22(21)32-24(28-23)29-30-25(32)33/h5-11,14,19,21-24,28-29H,12-13,15H2,1-4H3,(H,30,33). The van der Waals surface area contributed by atoms with Gasteiger partial charge < -0.3 is 4.90 Å². The van der Waals surface area contributed by atoms with Crippen LogP contribution in [-0.2, 0) is 5.41 Å². The molecule has 2 aliphatic heterocycles. The average molecular weight is 468 g/mol. The highest BCUT2D eigenvalue weighted by Gasteiger charge is 2.50. The lowest BCUT2D eigenvalue weighted by molar-refractivity contribution is 0.0208. The minimum atomic E-state index is -0.235. The van der Waals surface area contributed by atoms with Crippen molar-refractivity contribution in [2.24, 2.45) is 5.92 Å². The summed E-state index contributed by atoms with van der Waals surface area (Å²) in [6.45, 7) is 6.72. The van der Waals surface area contributed by atoms with Gasteiger partial charge in [-0.1, -0.05) is 57.2 Å². The first-order chi connectivity index (χ1) is 15.7. The summed E-state index contributed by atoms with van der Waals surface area (Å²) in [5.74, 6) is 0.307. The van der Waals surface area contributed by atoms with Crippen molar-refractivity contribution in [3.05, 3.63) is 54.1 Å². The molecule has 6 nitrogen and oxygen atoms in total. The van der Waals surface area contributed by atoms with Gasteiger partial charge in [-0.15, -0.1) is 11.6 Å². The molecule has 5 unspecified atom stereocenters. The Bertz CT molecular complexity index is 1020. The first kappa shape index (κ1) is 22.5. The topological polar surface area (TPSA) is 59.6 Å². The summed E-state index contributed by atoms with van der Waals surface area (Å²) in [6.07, 6.45) is 2.65. The summed E-state index contributed by atoms with van der Waals surface area (Å²) >= 11 is 6.53. The van der Waals surface area contributed by atoms with Crippen LogP contribution in [0.15, 0.2) is 48.5 Å². The molecule has 2 saturated heterocycles. The number of carbonyl (C=O) groups is 1. The number of nitrogens with zero attached hydrogens (tertiary/aromatic N) is 2. The molecular formula is C26H34ClN5O. The number of hydrazine groups is 1. The van der Waals surface area contributed by atoms with Crippen molar-refractivity contribution < 1.29 is 4.79 Å². The average Bonchev–Trinajstić information content (AvgIpc) is 3.18. The molecule has 33 heavy (non-hydrogen) atoms. The zero-order chi connectivity index (χ0) is 23.3. The molecule has 3 N–H and O–H groups in total. The fraction of sp³-hybridized carbons (Fsp3) is 0.500. The second-order valence-electron chi connectivity index (χ2n) is 10.6. The number of alkyl halides is 1. The largest absolute Gasteiger partial charge is 0.359 e. The van der Waals surface area contributed by atoms with E-state index in [4.69, 9.17) is 11.6 Å². The fourth-order valence-corrected chi connectivity index (χ4v) is 5.88. The van der Waals surface area contributed by atoms with E-state index in [0.29, 0.717) is 5.92 Å². The molecule has 0 aromatic heterocycles. The van der Waals surface area contributed by atoms with Gasteiger partial charge >= 0.3 is 6.03 Å². The summed E-state index contributed by atoms with van der Waals surface area (Å²) in [5.41, 5.74) is 10.9. The predicted octanol–water partition coefficient (Wildman–Crippen LogP) is 4.61. The van der Waals surface area contributed by atoms with E-state index in [0.717, 1.165) is 24.9 Å². The van der Waals surface area contributed by atoms with Gasteiger partial charge in [0.25, 0.3) is 0 Å². The van der Waals surface area contributed by atoms with Crippen LogP contribution in [0, 0.1) is 5.92 Å². The highest BCUT2D eigenvalue weighted by molar-refractivity contribution is 6.20. The van der Waals surface area contributed by atoms with Gasteiger partial charge in [0.2, 0.25) is 0 Å². The molecule has 2 amide bonds. The highest BCUT2D eigenvalue weighted by Crippen LogP contribution is 2.39. The first-order valence-corrected chi connectivity index (χ1v) is 12.3. The van der Waals surface area contributed by atoms with Crippen molar-refractivity contribution >= 4 is 23.3 Å². The van der Waals surface area contributed by atoms with Crippen LogP contribution in [0.25, 0.3) is 11.1 Å². The minimum absolute atomic E-state index is 0.0740. The van der Waals surface area contributed by atoms with Gasteiger partial charge in [-0.2, -0.15) is 5.43 Å². The van der Waals surface area contributed by atoms with Crippen molar-refractivity contribution in [3.63, 3.8) is 0 Å². The zero-order valence-corrected chi connectivity index (χ0v) is 20.6. The molecule has 0 spiro atoms. The SMILES string of the molecule is CN(c1cccc(-c2ccc(C(C)(C)C)cc2)c1)C1NC2NNC(=O)N2C2CC(Cl)CCC12. The molecule has 2 heterocycles. The maximum atomic E-state index is 12.5. The number of carbonyl (C=O) groups excluding carboxylic acids is 1. The van der Waals surface area contributed by atoms with Gasteiger partial charge in [-0.25, -0.2) is 4.79 Å². The molecule has 0 bridgehead atoms. The molecular weight excluding hydrogens is 434 g/mol. The summed E-state index contributed by atoms with van der Waals surface area (Å²) in [7, 11) is 2.14. The third-order valence-corrected chi connectivity index (χ3v) is 7.88. The lowest BCUT2D eigenvalue weighted by atomic mass is 9.79. The number of hydrogen-bond donors (Lipinski definition) is 3. The first-order valence-electron chi connectivity index (χ1n) is 11.9. The Morgan fingerprint density at radius 1 is 1.06 bits per heavy atom. The van der Waals surface area contributed by atoms with E-state index in [1.165, 1.54) is 16.7 Å². The van der Waals surface area contributed by atoms with Crippen LogP contribution in [0.5, 0.6) is 0 Å². The number of nitrogens with one attached hydrogen (secondary N) is 3. The van der Waals surface area contributed by atoms with Crippen LogP contribution in [0.2, 0.25) is 0 Å². The smallest absolute Gasteiger partial charge is 0.334 e. The molecule has 5 atom stereocenters. The summed E-state index contributed by atoms with van der Waals surface area (Å²) in [5, 5.41) is 3.77. The molecule has 5 rings (SSSR count). The van der Waals surface area contributed by atoms with Gasteiger partial charge in [0.05, 0.1) is 6.17 Å². The second kappa shape index (κ2) is 8.49. The Labute approximate surface area is 201 Å². The van der Waals surface area contributed by atoms with E-state index in [1.807, 2.05) is 4.90 Å². The maximum absolute atomic E-state index is 12.5. The number of anilines is 1. The Morgan fingerprint density at radius 3 is 2.55 bits per heavy atom. The zero-order valence-electron chi connectivity index (χ0n) is 19.8. The summed E-state index contributed by atoms with van der Waals surface area (Å²) < 4.78 is 0. The maximum Gasteiger partial charge on any atom is 0.334 e. The molecule has 0 radical (unpaired) electrons. The molecule has 1 saturated carbocycles. The molecule has 3 fully saturated rings. The van der Waals surface area contributed by atoms with Crippen molar-refractivity contribution in [2.45, 2.75) is 69.3 Å². The monoisotopic (exact) mass is 467 g/mol. The number of benzene rings is 2.